The first-order chi connectivity index (χ1) is 12.1. The zero-order chi connectivity index (χ0) is 18.1. The fourth-order valence-corrected chi connectivity index (χ4v) is 3.93. The molecule has 1 aliphatic rings. The summed E-state index contributed by atoms with van der Waals surface area (Å²) in [6.45, 7) is 4.58. The first-order valence-corrected chi connectivity index (χ1v) is 9.68. The quantitative estimate of drug-likeness (QED) is 0.249. The molecule has 0 radical (unpaired) electrons. The summed E-state index contributed by atoms with van der Waals surface area (Å²) < 4.78 is 4.92. The van der Waals surface area contributed by atoms with E-state index in [0.717, 1.165) is 30.4 Å². The van der Waals surface area contributed by atoms with Crippen molar-refractivity contribution in [3.63, 3.8) is 0 Å². The van der Waals surface area contributed by atoms with Crippen LogP contribution in [0.2, 0.25) is 0 Å². The van der Waals surface area contributed by atoms with Gasteiger partial charge in [0.25, 0.3) is 0 Å². The molecule has 0 saturated carbocycles. The lowest BCUT2D eigenvalue weighted by Crippen LogP contribution is -2.39. The molecule has 148 valence electrons. The lowest BCUT2D eigenvalue weighted by atomic mass is 10.0. The van der Waals surface area contributed by atoms with Crippen LogP contribution in [0.15, 0.2) is 4.99 Å². The van der Waals surface area contributed by atoms with Crippen LogP contribution < -0.4 is 10.6 Å². The molecule has 0 saturated heterocycles. The van der Waals surface area contributed by atoms with Crippen LogP contribution in [0.3, 0.4) is 0 Å². The van der Waals surface area contributed by atoms with Gasteiger partial charge in [-0.05, 0) is 32.6 Å². The van der Waals surface area contributed by atoms with Crippen LogP contribution in [0.5, 0.6) is 0 Å². The van der Waals surface area contributed by atoms with Crippen molar-refractivity contribution in [1.29, 1.82) is 0 Å². The molecule has 9 heteroatoms. The number of methoxy groups -OCH3 is 1. The normalized spacial score (nSPS) is 13.6. The van der Waals surface area contributed by atoms with Crippen molar-refractivity contribution < 1.29 is 9.53 Å². The van der Waals surface area contributed by atoms with E-state index < -0.39 is 0 Å². The second kappa shape index (κ2) is 12.4. The number of fused-ring (bicyclic) bond motifs is 1. The fraction of sp³-hybridized carbons (Fsp3) is 0.706. The van der Waals surface area contributed by atoms with Crippen molar-refractivity contribution in [3.05, 3.63) is 15.6 Å². The molecule has 0 unspecified atom stereocenters. The highest BCUT2D eigenvalue weighted by atomic mass is 127. The Labute approximate surface area is 177 Å². The molecule has 1 amide bonds. The number of aromatic nitrogens is 1. The smallest absolute Gasteiger partial charge is 0.241 e. The van der Waals surface area contributed by atoms with Gasteiger partial charge in [-0.2, -0.15) is 0 Å². The van der Waals surface area contributed by atoms with E-state index >= 15 is 0 Å². The van der Waals surface area contributed by atoms with Crippen LogP contribution in [0.25, 0.3) is 0 Å². The van der Waals surface area contributed by atoms with Gasteiger partial charge in [-0.15, -0.1) is 35.3 Å². The standard InChI is InChI=1S/C17H29N5O2S.HI/c1-4-18-17(20-11-15(23)19-9-10-24-3)22(2)12-16-21-13-7-5-6-8-14(13)25-16;/h4-12H2,1-3H3,(H,18,20)(H,19,23);1H. The number of ether oxygens (including phenoxy) is 1. The molecular weight excluding hydrogens is 465 g/mol. The number of thiazole rings is 1. The second-order valence-corrected chi connectivity index (χ2v) is 7.22. The van der Waals surface area contributed by atoms with E-state index in [0.29, 0.717) is 19.7 Å². The van der Waals surface area contributed by atoms with Gasteiger partial charge in [0.05, 0.1) is 18.8 Å². The minimum Gasteiger partial charge on any atom is -0.383 e. The predicted octanol–water partition coefficient (Wildman–Crippen LogP) is 1.80. The van der Waals surface area contributed by atoms with Gasteiger partial charge in [-0.3, -0.25) is 4.79 Å². The maximum Gasteiger partial charge on any atom is 0.241 e. The number of aryl methyl sites for hydroxylation is 2. The largest absolute Gasteiger partial charge is 0.383 e. The number of aliphatic imine (C=N–C) groups is 1. The zero-order valence-electron chi connectivity index (χ0n) is 15.8. The summed E-state index contributed by atoms with van der Waals surface area (Å²) in [5.41, 5.74) is 1.28. The first kappa shape index (κ1) is 23.1. The Morgan fingerprint density at radius 3 is 2.81 bits per heavy atom. The number of guanidine groups is 1. The topological polar surface area (TPSA) is 78.8 Å². The SMILES string of the molecule is CCNC(=NCC(=O)NCCOC)N(C)Cc1nc2c(s1)CCCC2.I. The summed E-state index contributed by atoms with van der Waals surface area (Å²) in [5.74, 6) is 0.614. The molecule has 0 spiro atoms. The third-order valence-corrected chi connectivity index (χ3v) is 5.10. The maximum atomic E-state index is 11.8. The molecule has 0 aliphatic heterocycles. The van der Waals surface area contributed by atoms with Crippen molar-refractivity contribution in [2.75, 3.05) is 40.4 Å². The molecule has 1 heterocycles. The van der Waals surface area contributed by atoms with Gasteiger partial charge < -0.3 is 20.3 Å². The Bertz CT molecular complexity index is 570. The van der Waals surface area contributed by atoms with E-state index in [1.807, 2.05) is 30.2 Å². The average molecular weight is 495 g/mol. The summed E-state index contributed by atoms with van der Waals surface area (Å²) >= 11 is 1.81. The number of carbonyl (C=O) groups excluding carboxylic acids is 1. The molecule has 2 rings (SSSR count). The third kappa shape index (κ3) is 7.36. The van der Waals surface area contributed by atoms with Gasteiger partial charge in [-0.1, -0.05) is 0 Å². The predicted molar refractivity (Wildman–Crippen MR) is 117 cm³/mol. The van der Waals surface area contributed by atoms with Gasteiger partial charge >= 0.3 is 0 Å². The maximum absolute atomic E-state index is 11.8. The minimum absolute atomic E-state index is 0. The lowest BCUT2D eigenvalue weighted by Gasteiger charge is -2.20. The highest BCUT2D eigenvalue weighted by molar-refractivity contribution is 14.0. The van der Waals surface area contributed by atoms with Crippen molar-refractivity contribution in [2.24, 2.45) is 4.99 Å². The molecule has 0 fully saturated rings. The Morgan fingerprint density at radius 2 is 2.12 bits per heavy atom. The van der Waals surface area contributed by atoms with Crippen LogP contribution in [-0.2, 0) is 28.9 Å². The molecule has 1 aliphatic carbocycles. The van der Waals surface area contributed by atoms with Crippen molar-refractivity contribution in [3.8, 4) is 0 Å². The van der Waals surface area contributed by atoms with Crippen molar-refractivity contribution in [1.82, 2.24) is 20.5 Å². The highest BCUT2D eigenvalue weighted by Crippen LogP contribution is 2.27. The Balaban J connectivity index is 0.00000338. The molecule has 2 N–H and O–H groups in total. The summed E-state index contributed by atoms with van der Waals surface area (Å²) in [4.78, 5) is 24.5. The van der Waals surface area contributed by atoms with Crippen LogP contribution in [0.4, 0.5) is 0 Å². The van der Waals surface area contributed by atoms with E-state index in [9.17, 15) is 4.79 Å². The summed E-state index contributed by atoms with van der Waals surface area (Å²) in [6, 6.07) is 0. The van der Waals surface area contributed by atoms with Crippen molar-refractivity contribution >= 4 is 47.2 Å². The third-order valence-electron chi connectivity index (χ3n) is 3.96. The molecule has 0 bridgehead atoms. The lowest BCUT2D eigenvalue weighted by molar-refractivity contribution is -0.119. The molecule has 1 aromatic heterocycles. The van der Waals surface area contributed by atoms with Gasteiger partial charge in [0.2, 0.25) is 5.91 Å². The first-order valence-electron chi connectivity index (χ1n) is 8.86. The Morgan fingerprint density at radius 1 is 1.35 bits per heavy atom. The molecule has 0 atom stereocenters. The monoisotopic (exact) mass is 495 g/mol. The zero-order valence-corrected chi connectivity index (χ0v) is 19.0. The number of hydrogen-bond donors (Lipinski definition) is 2. The number of amides is 1. The number of nitrogens with zero attached hydrogens (tertiary/aromatic N) is 3. The van der Waals surface area contributed by atoms with E-state index in [2.05, 4.69) is 15.6 Å². The van der Waals surface area contributed by atoms with Crippen molar-refractivity contribution in [2.45, 2.75) is 39.2 Å². The van der Waals surface area contributed by atoms with Crippen LogP contribution in [0, 0.1) is 0 Å². The number of carbonyl (C=O) groups is 1. The summed E-state index contributed by atoms with van der Waals surface area (Å²) in [5, 5.41) is 7.13. The van der Waals surface area contributed by atoms with Crippen LogP contribution in [0.1, 0.15) is 35.3 Å². The van der Waals surface area contributed by atoms with Gasteiger partial charge in [0.15, 0.2) is 5.96 Å². The van der Waals surface area contributed by atoms with E-state index in [1.54, 1.807) is 7.11 Å². The molecule has 1 aromatic rings. The Kier molecular flexibility index (Phi) is 11.1. The van der Waals surface area contributed by atoms with Gasteiger partial charge in [-0.25, -0.2) is 9.98 Å². The molecular formula is C17H30IN5O2S. The van der Waals surface area contributed by atoms with Gasteiger partial charge in [0.1, 0.15) is 11.6 Å². The number of nitrogens with one attached hydrogen (secondary N) is 2. The highest BCUT2D eigenvalue weighted by Gasteiger charge is 2.17. The molecule has 26 heavy (non-hydrogen) atoms. The minimum atomic E-state index is -0.106. The van der Waals surface area contributed by atoms with Crippen LogP contribution in [-0.4, -0.2) is 62.1 Å². The summed E-state index contributed by atoms with van der Waals surface area (Å²) in [7, 11) is 3.59. The number of hydrogen-bond acceptors (Lipinski definition) is 5. The Hall–Kier alpha value is -0.940. The molecule has 0 aromatic carbocycles. The summed E-state index contributed by atoms with van der Waals surface area (Å²) in [6.07, 6.45) is 4.78. The van der Waals surface area contributed by atoms with Gasteiger partial charge in [0, 0.05) is 32.1 Å². The van der Waals surface area contributed by atoms with E-state index in [-0.39, 0.29) is 36.4 Å². The van der Waals surface area contributed by atoms with E-state index in [1.165, 1.54) is 23.4 Å². The fourth-order valence-electron chi connectivity index (χ4n) is 2.72. The molecule has 7 nitrogen and oxygen atoms in total. The van der Waals surface area contributed by atoms with Crippen LogP contribution >= 0.6 is 35.3 Å². The average Bonchev–Trinajstić information content (AvgIpc) is 3.00. The van der Waals surface area contributed by atoms with E-state index in [4.69, 9.17) is 9.72 Å². The number of rotatable bonds is 8. The number of halogens is 1. The second-order valence-electron chi connectivity index (χ2n) is 6.05.